The minimum Gasteiger partial charge on any atom is -0.389 e. The molecule has 0 bridgehead atoms. The van der Waals surface area contributed by atoms with Gasteiger partial charge in [0.05, 0.1) is 47.8 Å². The molecule has 3 atom stereocenters. The summed E-state index contributed by atoms with van der Waals surface area (Å²) in [4.78, 5) is 8.47. The molecule has 3 aromatic rings. The van der Waals surface area contributed by atoms with E-state index in [0.29, 0.717) is 35.9 Å². The molecule has 1 saturated heterocycles. The summed E-state index contributed by atoms with van der Waals surface area (Å²) in [6.07, 6.45) is -1.47. The van der Waals surface area contributed by atoms with Crippen LogP contribution >= 0.6 is 0 Å². The van der Waals surface area contributed by atoms with Gasteiger partial charge in [0.2, 0.25) is 5.95 Å². The van der Waals surface area contributed by atoms with E-state index in [-0.39, 0.29) is 18.2 Å². The summed E-state index contributed by atoms with van der Waals surface area (Å²) in [5.41, 5.74) is 1.95. The Morgan fingerprint density at radius 3 is 2.72 bits per heavy atom. The predicted octanol–water partition coefficient (Wildman–Crippen LogP) is 3.02. The average molecular weight is 407 g/mol. The fraction of sp³-hybridized carbons (Fsp3) is 0.421. The van der Waals surface area contributed by atoms with Crippen LogP contribution in [0.5, 0.6) is 0 Å². The normalized spacial score (nSPS) is 21.3. The SMILES string of the molecule is C[C@H](c1ccc(-c2ccc3cnc(N[C@@H]4CCOC[C@H]4O)nn23)nc1)C(F)(F)F. The zero-order valence-corrected chi connectivity index (χ0v) is 15.6. The van der Waals surface area contributed by atoms with Crippen molar-refractivity contribution in [3.63, 3.8) is 0 Å². The first-order valence-electron chi connectivity index (χ1n) is 9.23. The molecule has 0 amide bonds. The summed E-state index contributed by atoms with van der Waals surface area (Å²) in [6.45, 7) is 1.90. The van der Waals surface area contributed by atoms with Gasteiger partial charge in [-0.1, -0.05) is 6.07 Å². The molecule has 0 saturated carbocycles. The Morgan fingerprint density at radius 2 is 2.03 bits per heavy atom. The van der Waals surface area contributed by atoms with E-state index in [9.17, 15) is 18.3 Å². The number of nitrogens with zero attached hydrogens (tertiary/aromatic N) is 4. The quantitative estimate of drug-likeness (QED) is 0.692. The molecule has 3 aromatic heterocycles. The third kappa shape index (κ3) is 4.03. The van der Waals surface area contributed by atoms with Gasteiger partial charge in [-0.05, 0) is 37.1 Å². The van der Waals surface area contributed by atoms with E-state index < -0.39 is 18.2 Å². The van der Waals surface area contributed by atoms with E-state index >= 15 is 0 Å². The molecule has 1 fully saturated rings. The van der Waals surface area contributed by atoms with E-state index in [1.807, 2.05) is 0 Å². The summed E-state index contributed by atoms with van der Waals surface area (Å²) in [6, 6.07) is 6.35. The maximum Gasteiger partial charge on any atom is 0.395 e. The molecular formula is C19H20F3N5O2. The first-order chi connectivity index (χ1) is 13.8. The number of aliphatic hydroxyl groups excluding tert-OH is 1. The molecular weight excluding hydrogens is 387 g/mol. The van der Waals surface area contributed by atoms with Gasteiger partial charge >= 0.3 is 6.18 Å². The van der Waals surface area contributed by atoms with Crippen molar-refractivity contribution in [3.05, 3.63) is 42.2 Å². The lowest BCUT2D eigenvalue weighted by Gasteiger charge is -2.28. The fourth-order valence-electron chi connectivity index (χ4n) is 3.22. The van der Waals surface area contributed by atoms with Crippen LogP contribution < -0.4 is 5.32 Å². The predicted molar refractivity (Wildman–Crippen MR) is 99.5 cm³/mol. The maximum absolute atomic E-state index is 12.9. The first-order valence-corrected chi connectivity index (χ1v) is 9.23. The zero-order valence-electron chi connectivity index (χ0n) is 15.6. The van der Waals surface area contributed by atoms with Crippen LogP contribution in [-0.2, 0) is 4.74 Å². The number of hydrogen-bond donors (Lipinski definition) is 2. The summed E-state index contributed by atoms with van der Waals surface area (Å²) in [7, 11) is 0. The van der Waals surface area contributed by atoms with E-state index in [4.69, 9.17) is 4.74 Å². The number of halogens is 3. The molecule has 0 spiro atoms. The number of nitrogens with one attached hydrogen (secondary N) is 1. The summed E-state index contributed by atoms with van der Waals surface area (Å²) in [5.74, 6) is -1.25. The lowest BCUT2D eigenvalue weighted by atomic mass is 10.0. The van der Waals surface area contributed by atoms with Gasteiger partial charge < -0.3 is 15.2 Å². The summed E-state index contributed by atoms with van der Waals surface area (Å²) < 4.78 is 45.5. The van der Waals surface area contributed by atoms with Crippen LogP contribution in [0, 0.1) is 0 Å². The number of hydrogen-bond acceptors (Lipinski definition) is 6. The molecule has 0 aromatic carbocycles. The van der Waals surface area contributed by atoms with E-state index in [2.05, 4.69) is 20.4 Å². The highest BCUT2D eigenvalue weighted by Crippen LogP contribution is 2.34. The van der Waals surface area contributed by atoms with Crippen LogP contribution in [0.1, 0.15) is 24.8 Å². The largest absolute Gasteiger partial charge is 0.395 e. The van der Waals surface area contributed by atoms with Crippen molar-refractivity contribution in [2.75, 3.05) is 18.5 Å². The van der Waals surface area contributed by atoms with Crippen molar-refractivity contribution in [2.45, 2.75) is 37.6 Å². The summed E-state index contributed by atoms with van der Waals surface area (Å²) >= 11 is 0. The fourth-order valence-corrected chi connectivity index (χ4v) is 3.22. The van der Waals surface area contributed by atoms with Crippen molar-refractivity contribution < 1.29 is 23.0 Å². The number of anilines is 1. The van der Waals surface area contributed by atoms with Crippen molar-refractivity contribution in [1.29, 1.82) is 0 Å². The van der Waals surface area contributed by atoms with Crippen LogP contribution in [0.25, 0.3) is 16.9 Å². The minimum atomic E-state index is -4.31. The Hall–Kier alpha value is -2.72. The van der Waals surface area contributed by atoms with Gasteiger partial charge in [-0.15, -0.1) is 5.10 Å². The highest BCUT2D eigenvalue weighted by molar-refractivity contribution is 5.63. The van der Waals surface area contributed by atoms with E-state index in [1.54, 1.807) is 28.9 Å². The van der Waals surface area contributed by atoms with Crippen LogP contribution in [0.3, 0.4) is 0 Å². The number of pyridine rings is 1. The topological polar surface area (TPSA) is 84.6 Å². The van der Waals surface area contributed by atoms with Crippen molar-refractivity contribution >= 4 is 11.5 Å². The highest BCUT2D eigenvalue weighted by Gasteiger charge is 2.37. The molecule has 1 aliphatic rings. The zero-order chi connectivity index (χ0) is 20.6. The second-order valence-corrected chi connectivity index (χ2v) is 7.06. The Bertz CT molecular complexity index is 990. The van der Waals surface area contributed by atoms with E-state index in [0.717, 1.165) is 6.92 Å². The van der Waals surface area contributed by atoms with Crippen LogP contribution in [0.2, 0.25) is 0 Å². The van der Waals surface area contributed by atoms with Gasteiger partial charge in [0.25, 0.3) is 0 Å². The number of aromatic nitrogens is 4. The molecule has 7 nitrogen and oxygen atoms in total. The highest BCUT2D eigenvalue weighted by atomic mass is 19.4. The molecule has 4 rings (SSSR count). The minimum absolute atomic E-state index is 0.104. The second-order valence-electron chi connectivity index (χ2n) is 7.06. The maximum atomic E-state index is 12.9. The molecule has 2 N–H and O–H groups in total. The number of alkyl halides is 3. The lowest BCUT2D eigenvalue weighted by molar-refractivity contribution is -0.146. The lowest BCUT2D eigenvalue weighted by Crippen LogP contribution is -2.42. The number of aliphatic hydroxyl groups is 1. The third-order valence-corrected chi connectivity index (χ3v) is 5.08. The van der Waals surface area contributed by atoms with E-state index in [1.165, 1.54) is 12.3 Å². The Morgan fingerprint density at radius 1 is 1.21 bits per heavy atom. The number of fused-ring (bicyclic) bond motifs is 1. The van der Waals surface area contributed by atoms with Gasteiger partial charge in [0, 0.05) is 12.8 Å². The molecule has 154 valence electrons. The number of rotatable bonds is 4. The van der Waals surface area contributed by atoms with Gasteiger partial charge in [-0.2, -0.15) is 13.2 Å². The third-order valence-electron chi connectivity index (χ3n) is 5.08. The van der Waals surface area contributed by atoms with Crippen molar-refractivity contribution in [1.82, 2.24) is 19.6 Å². The molecule has 0 aliphatic carbocycles. The molecule has 4 heterocycles. The van der Waals surface area contributed by atoms with Gasteiger partial charge in [-0.25, -0.2) is 9.50 Å². The standard InChI is InChI=1S/C19H20F3N5O2/c1-11(19(20,21)22)12-2-4-14(23-8-12)16-5-3-13-9-24-18(26-27(13)16)25-15-6-7-29-10-17(15)28/h2-5,8-9,11,15,17,28H,6-7,10H2,1H3,(H,25,26)/t11-,15-,17-/m1/s1. The van der Waals surface area contributed by atoms with Gasteiger partial charge in [0.1, 0.15) is 0 Å². The van der Waals surface area contributed by atoms with Crippen LogP contribution in [-0.4, -0.2) is 56.2 Å². The monoisotopic (exact) mass is 407 g/mol. The number of ether oxygens (including phenoxy) is 1. The summed E-state index contributed by atoms with van der Waals surface area (Å²) in [5, 5.41) is 17.6. The van der Waals surface area contributed by atoms with Crippen molar-refractivity contribution in [3.8, 4) is 11.4 Å². The van der Waals surface area contributed by atoms with Crippen LogP contribution in [0.4, 0.5) is 19.1 Å². The van der Waals surface area contributed by atoms with Crippen molar-refractivity contribution in [2.24, 2.45) is 0 Å². The smallest absolute Gasteiger partial charge is 0.389 e. The molecule has 10 heteroatoms. The first kappa shape index (κ1) is 19.6. The van der Waals surface area contributed by atoms with Crippen LogP contribution in [0.15, 0.2) is 36.7 Å². The van der Waals surface area contributed by atoms with Gasteiger partial charge in [0.15, 0.2) is 0 Å². The van der Waals surface area contributed by atoms with Gasteiger partial charge in [-0.3, -0.25) is 4.98 Å². The molecule has 0 radical (unpaired) electrons. The average Bonchev–Trinajstić information content (AvgIpc) is 3.12. The molecule has 1 aliphatic heterocycles. The Kier molecular flexibility index (Phi) is 5.13. The Balaban J connectivity index is 1.61. The Labute approximate surface area is 164 Å². The second kappa shape index (κ2) is 7.60. The molecule has 0 unspecified atom stereocenters. The molecule has 29 heavy (non-hydrogen) atoms.